The van der Waals surface area contributed by atoms with Gasteiger partial charge in [0.25, 0.3) is 5.56 Å². The SMILES string of the molecule is O=C(Cn1c(-c2ccccc2)ncc(-c2ccccc2)c1=O)NCc1cc2cnccc2[nH]1. The summed E-state index contributed by atoms with van der Waals surface area (Å²) in [5.41, 5.74) is 3.53. The van der Waals surface area contributed by atoms with E-state index in [1.54, 1.807) is 18.6 Å². The average Bonchev–Trinajstić information content (AvgIpc) is 3.28. The number of amides is 1. The molecular weight excluding hydrogens is 414 g/mol. The molecule has 0 spiro atoms. The number of aromatic amines is 1. The molecular formula is C26H21N5O2. The molecule has 7 heteroatoms. The Kier molecular flexibility index (Phi) is 5.51. The molecule has 33 heavy (non-hydrogen) atoms. The molecule has 5 aromatic rings. The molecule has 0 aliphatic heterocycles. The number of nitrogens with zero attached hydrogens (tertiary/aromatic N) is 3. The van der Waals surface area contributed by atoms with Crippen LogP contribution >= 0.6 is 0 Å². The van der Waals surface area contributed by atoms with Crippen LogP contribution in [0.1, 0.15) is 5.69 Å². The van der Waals surface area contributed by atoms with Crippen molar-refractivity contribution in [3.8, 4) is 22.5 Å². The second kappa shape index (κ2) is 8.92. The lowest BCUT2D eigenvalue weighted by Gasteiger charge is -2.14. The van der Waals surface area contributed by atoms with E-state index >= 15 is 0 Å². The van der Waals surface area contributed by atoms with Gasteiger partial charge in [0.2, 0.25) is 5.91 Å². The third-order valence-electron chi connectivity index (χ3n) is 5.42. The van der Waals surface area contributed by atoms with E-state index in [1.807, 2.05) is 72.8 Å². The maximum Gasteiger partial charge on any atom is 0.262 e. The lowest BCUT2D eigenvalue weighted by atomic mass is 10.1. The summed E-state index contributed by atoms with van der Waals surface area (Å²) in [7, 11) is 0. The van der Waals surface area contributed by atoms with E-state index < -0.39 is 0 Å². The Morgan fingerprint density at radius 1 is 0.939 bits per heavy atom. The van der Waals surface area contributed by atoms with Gasteiger partial charge in [0.15, 0.2) is 0 Å². The number of benzene rings is 2. The lowest BCUT2D eigenvalue weighted by molar-refractivity contribution is -0.121. The number of pyridine rings is 1. The van der Waals surface area contributed by atoms with Crippen molar-refractivity contribution in [2.24, 2.45) is 0 Å². The summed E-state index contributed by atoms with van der Waals surface area (Å²) in [4.78, 5) is 38.2. The van der Waals surface area contributed by atoms with Gasteiger partial charge in [-0.2, -0.15) is 0 Å². The van der Waals surface area contributed by atoms with Gasteiger partial charge >= 0.3 is 0 Å². The van der Waals surface area contributed by atoms with Crippen molar-refractivity contribution in [2.75, 3.05) is 0 Å². The molecule has 0 fully saturated rings. The van der Waals surface area contributed by atoms with Gasteiger partial charge in [0, 0.05) is 40.8 Å². The van der Waals surface area contributed by atoms with E-state index in [2.05, 4.69) is 20.3 Å². The number of nitrogens with one attached hydrogen (secondary N) is 2. The van der Waals surface area contributed by atoms with Crippen molar-refractivity contribution >= 4 is 16.8 Å². The van der Waals surface area contributed by atoms with Crippen molar-refractivity contribution < 1.29 is 4.79 Å². The minimum Gasteiger partial charge on any atom is -0.357 e. The smallest absolute Gasteiger partial charge is 0.262 e. The summed E-state index contributed by atoms with van der Waals surface area (Å²) in [6.07, 6.45) is 5.06. The molecule has 0 aliphatic rings. The number of rotatable bonds is 6. The molecule has 0 bridgehead atoms. The van der Waals surface area contributed by atoms with Crippen molar-refractivity contribution in [1.82, 2.24) is 24.8 Å². The van der Waals surface area contributed by atoms with Crippen LogP contribution in [0.15, 0.2) is 96.2 Å². The number of hydrogen-bond acceptors (Lipinski definition) is 4. The van der Waals surface area contributed by atoms with Crippen LogP contribution in [0.3, 0.4) is 0 Å². The van der Waals surface area contributed by atoms with Crippen molar-refractivity contribution in [3.05, 3.63) is 107 Å². The Morgan fingerprint density at radius 2 is 1.67 bits per heavy atom. The molecule has 2 N–H and O–H groups in total. The maximum atomic E-state index is 13.4. The number of H-pyrrole nitrogens is 1. The highest BCUT2D eigenvalue weighted by atomic mass is 16.2. The summed E-state index contributed by atoms with van der Waals surface area (Å²) in [5, 5.41) is 3.87. The van der Waals surface area contributed by atoms with Gasteiger partial charge in [-0.15, -0.1) is 0 Å². The molecule has 0 atom stereocenters. The van der Waals surface area contributed by atoms with E-state index in [0.29, 0.717) is 17.9 Å². The zero-order valence-electron chi connectivity index (χ0n) is 17.7. The summed E-state index contributed by atoms with van der Waals surface area (Å²) in [6.45, 7) is 0.174. The average molecular weight is 435 g/mol. The third-order valence-corrected chi connectivity index (χ3v) is 5.42. The van der Waals surface area contributed by atoms with Crippen LogP contribution in [-0.4, -0.2) is 25.4 Å². The quantitative estimate of drug-likeness (QED) is 0.425. The number of carbonyl (C=O) groups excluding carboxylic acids is 1. The van der Waals surface area contributed by atoms with E-state index in [-0.39, 0.29) is 18.0 Å². The maximum absolute atomic E-state index is 13.4. The van der Waals surface area contributed by atoms with E-state index in [1.165, 1.54) is 4.57 Å². The van der Waals surface area contributed by atoms with Crippen LogP contribution in [0.5, 0.6) is 0 Å². The molecule has 5 rings (SSSR count). The summed E-state index contributed by atoms with van der Waals surface area (Å²) < 4.78 is 1.43. The van der Waals surface area contributed by atoms with Gasteiger partial charge in [-0.3, -0.25) is 19.1 Å². The predicted octanol–water partition coefficient (Wildman–Crippen LogP) is 3.77. The van der Waals surface area contributed by atoms with Gasteiger partial charge in [-0.1, -0.05) is 60.7 Å². The largest absolute Gasteiger partial charge is 0.357 e. The summed E-state index contributed by atoms with van der Waals surface area (Å²) >= 11 is 0. The first-order chi connectivity index (χ1) is 16.2. The molecule has 3 aromatic heterocycles. The van der Waals surface area contributed by atoms with Crippen molar-refractivity contribution in [3.63, 3.8) is 0 Å². The van der Waals surface area contributed by atoms with Gasteiger partial charge in [-0.05, 0) is 17.7 Å². The van der Waals surface area contributed by atoms with Crippen LogP contribution in [-0.2, 0) is 17.9 Å². The lowest BCUT2D eigenvalue weighted by Crippen LogP contribution is -2.34. The van der Waals surface area contributed by atoms with Crippen LogP contribution in [0.25, 0.3) is 33.4 Å². The fraction of sp³-hybridized carbons (Fsp3) is 0.0769. The molecule has 2 aromatic carbocycles. The van der Waals surface area contributed by atoms with Crippen molar-refractivity contribution in [1.29, 1.82) is 0 Å². The first-order valence-corrected chi connectivity index (χ1v) is 10.6. The van der Waals surface area contributed by atoms with E-state index in [9.17, 15) is 9.59 Å². The molecule has 0 aliphatic carbocycles. The highest BCUT2D eigenvalue weighted by Crippen LogP contribution is 2.19. The summed E-state index contributed by atoms with van der Waals surface area (Å²) in [6, 6.07) is 22.6. The van der Waals surface area contributed by atoms with E-state index in [4.69, 9.17) is 0 Å². The van der Waals surface area contributed by atoms with Crippen LogP contribution in [0.2, 0.25) is 0 Å². The Labute approximate surface area is 189 Å². The number of aromatic nitrogens is 4. The number of fused-ring (bicyclic) bond motifs is 1. The van der Waals surface area contributed by atoms with Gasteiger partial charge in [-0.25, -0.2) is 4.98 Å². The number of hydrogen-bond donors (Lipinski definition) is 2. The monoisotopic (exact) mass is 435 g/mol. The Balaban J connectivity index is 1.44. The fourth-order valence-corrected chi connectivity index (χ4v) is 3.79. The molecule has 0 saturated carbocycles. The third kappa shape index (κ3) is 4.29. The van der Waals surface area contributed by atoms with Gasteiger partial charge in [0.1, 0.15) is 12.4 Å². The summed E-state index contributed by atoms with van der Waals surface area (Å²) in [5.74, 6) is 0.171. The van der Waals surface area contributed by atoms with Crippen molar-refractivity contribution in [2.45, 2.75) is 13.1 Å². The van der Waals surface area contributed by atoms with Crippen LogP contribution in [0, 0.1) is 0 Å². The molecule has 1 amide bonds. The standard InChI is InChI=1S/C26H21N5O2/c32-24(28-15-21-13-20-14-27-12-11-23(20)30-21)17-31-25(19-9-5-2-6-10-19)29-16-22(26(31)33)18-7-3-1-4-8-18/h1-14,16,30H,15,17H2,(H,28,32). The van der Waals surface area contributed by atoms with Crippen LogP contribution < -0.4 is 10.9 Å². The second-order valence-corrected chi connectivity index (χ2v) is 7.65. The minimum atomic E-state index is -0.280. The predicted molar refractivity (Wildman–Crippen MR) is 127 cm³/mol. The second-order valence-electron chi connectivity index (χ2n) is 7.65. The number of carbonyl (C=O) groups is 1. The fourth-order valence-electron chi connectivity index (χ4n) is 3.79. The highest BCUT2D eigenvalue weighted by molar-refractivity contribution is 5.80. The van der Waals surface area contributed by atoms with Gasteiger partial charge < -0.3 is 10.3 Å². The Hall–Kier alpha value is -4.52. The van der Waals surface area contributed by atoms with Crippen LogP contribution in [0.4, 0.5) is 0 Å². The molecule has 7 nitrogen and oxygen atoms in total. The normalized spacial score (nSPS) is 10.9. The minimum absolute atomic E-state index is 0.140. The first kappa shape index (κ1) is 20.4. The molecule has 0 unspecified atom stereocenters. The molecule has 0 radical (unpaired) electrons. The van der Waals surface area contributed by atoms with E-state index in [0.717, 1.165) is 27.7 Å². The molecule has 3 heterocycles. The Bertz CT molecular complexity index is 1440. The topological polar surface area (TPSA) is 92.7 Å². The Morgan fingerprint density at radius 3 is 2.39 bits per heavy atom. The zero-order valence-corrected chi connectivity index (χ0v) is 17.7. The molecule has 162 valence electrons. The molecule has 0 saturated heterocycles. The van der Waals surface area contributed by atoms with Gasteiger partial charge in [0.05, 0.1) is 12.1 Å². The highest BCUT2D eigenvalue weighted by Gasteiger charge is 2.16. The zero-order chi connectivity index (χ0) is 22.6. The first-order valence-electron chi connectivity index (χ1n) is 10.6.